The van der Waals surface area contributed by atoms with Crippen LogP contribution in [0.1, 0.15) is 31.7 Å². The van der Waals surface area contributed by atoms with E-state index in [0.717, 1.165) is 49.4 Å². The first-order valence-corrected chi connectivity index (χ1v) is 7.89. The Kier molecular flexibility index (Phi) is 6.10. The molecule has 1 saturated heterocycles. The van der Waals surface area contributed by atoms with Gasteiger partial charge in [0.15, 0.2) is 0 Å². The standard InChI is InChI=1S/C15H20F2O2S/c1-2-3-11-10-13(4-5-14(11)19-15(16)17)20-12-6-8-18-9-7-12/h4-5,10,12,15H,2-3,6-9H2,1H3. The summed E-state index contributed by atoms with van der Waals surface area (Å²) >= 11 is 1.81. The predicted octanol–water partition coefficient (Wildman–Crippen LogP) is 4.51. The van der Waals surface area contributed by atoms with Gasteiger partial charge < -0.3 is 9.47 Å². The van der Waals surface area contributed by atoms with E-state index in [9.17, 15) is 8.78 Å². The number of ether oxygens (including phenoxy) is 2. The van der Waals surface area contributed by atoms with Crippen molar-refractivity contribution in [2.24, 2.45) is 0 Å². The van der Waals surface area contributed by atoms with Crippen molar-refractivity contribution >= 4 is 11.8 Å². The molecule has 112 valence electrons. The SMILES string of the molecule is CCCc1cc(SC2CCOCC2)ccc1OC(F)F. The van der Waals surface area contributed by atoms with E-state index in [1.807, 2.05) is 30.8 Å². The minimum Gasteiger partial charge on any atom is -0.435 e. The summed E-state index contributed by atoms with van der Waals surface area (Å²) < 4.78 is 34.7. The molecular weight excluding hydrogens is 282 g/mol. The highest BCUT2D eigenvalue weighted by molar-refractivity contribution is 8.00. The van der Waals surface area contributed by atoms with Crippen LogP contribution in [0.2, 0.25) is 0 Å². The first-order valence-electron chi connectivity index (χ1n) is 7.01. The molecule has 0 bridgehead atoms. The number of benzene rings is 1. The van der Waals surface area contributed by atoms with E-state index < -0.39 is 6.61 Å². The molecule has 0 atom stereocenters. The Balaban J connectivity index is 2.07. The van der Waals surface area contributed by atoms with Gasteiger partial charge in [-0.15, -0.1) is 11.8 Å². The molecule has 2 rings (SSSR count). The number of hydrogen-bond acceptors (Lipinski definition) is 3. The Bertz CT molecular complexity index is 420. The number of halogens is 2. The summed E-state index contributed by atoms with van der Waals surface area (Å²) in [7, 11) is 0. The van der Waals surface area contributed by atoms with Crippen LogP contribution in [0.4, 0.5) is 8.78 Å². The minimum absolute atomic E-state index is 0.304. The van der Waals surface area contributed by atoms with E-state index in [1.54, 1.807) is 6.07 Å². The Morgan fingerprint density at radius 2 is 2.10 bits per heavy atom. The number of thioether (sulfide) groups is 1. The fraction of sp³-hybridized carbons (Fsp3) is 0.600. The van der Waals surface area contributed by atoms with E-state index in [4.69, 9.17) is 4.74 Å². The summed E-state index contributed by atoms with van der Waals surface area (Å²) in [5.41, 5.74) is 0.866. The molecule has 0 saturated carbocycles. The minimum atomic E-state index is -2.76. The second kappa shape index (κ2) is 7.84. The molecule has 2 nitrogen and oxygen atoms in total. The fourth-order valence-corrected chi connectivity index (χ4v) is 3.46. The molecule has 1 aliphatic rings. The van der Waals surface area contributed by atoms with E-state index in [2.05, 4.69) is 4.74 Å². The van der Waals surface area contributed by atoms with Gasteiger partial charge in [0, 0.05) is 23.4 Å². The van der Waals surface area contributed by atoms with Crippen LogP contribution < -0.4 is 4.74 Å². The molecule has 0 aromatic heterocycles. The van der Waals surface area contributed by atoms with Gasteiger partial charge >= 0.3 is 6.61 Å². The average Bonchev–Trinajstić information content (AvgIpc) is 2.43. The van der Waals surface area contributed by atoms with Crippen molar-refractivity contribution in [3.05, 3.63) is 23.8 Å². The Labute approximate surface area is 122 Å². The highest BCUT2D eigenvalue weighted by Crippen LogP contribution is 2.33. The molecular formula is C15H20F2O2S. The summed E-state index contributed by atoms with van der Waals surface area (Å²) in [6.07, 6.45) is 3.75. The van der Waals surface area contributed by atoms with Crippen LogP contribution in [0.5, 0.6) is 5.75 Å². The molecule has 1 aromatic rings. The van der Waals surface area contributed by atoms with Crippen LogP contribution >= 0.6 is 11.8 Å². The lowest BCUT2D eigenvalue weighted by molar-refractivity contribution is -0.0504. The zero-order valence-corrected chi connectivity index (χ0v) is 12.4. The van der Waals surface area contributed by atoms with Crippen molar-refractivity contribution in [3.8, 4) is 5.75 Å². The quantitative estimate of drug-likeness (QED) is 0.770. The van der Waals surface area contributed by atoms with Crippen molar-refractivity contribution in [1.82, 2.24) is 0 Å². The normalized spacial score (nSPS) is 16.6. The van der Waals surface area contributed by atoms with Crippen molar-refractivity contribution in [2.45, 2.75) is 49.4 Å². The van der Waals surface area contributed by atoms with Crippen LogP contribution in [-0.4, -0.2) is 25.1 Å². The lowest BCUT2D eigenvalue weighted by Gasteiger charge is -2.22. The van der Waals surface area contributed by atoms with Crippen LogP contribution in [-0.2, 0) is 11.2 Å². The largest absolute Gasteiger partial charge is 0.435 e. The van der Waals surface area contributed by atoms with Gasteiger partial charge in [0.1, 0.15) is 5.75 Å². The maximum atomic E-state index is 12.4. The average molecular weight is 302 g/mol. The van der Waals surface area contributed by atoms with Crippen LogP contribution in [0.3, 0.4) is 0 Å². The first kappa shape index (κ1) is 15.6. The van der Waals surface area contributed by atoms with Gasteiger partial charge in [-0.25, -0.2) is 0 Å². The monoisotopic (exact) mass is 302 g/mol. The second-order valence-electron chi connectivity index (χ2n) is 4.83. The fourth-order valence-electron chi connectivity index (χ4n) is 2.29. The molecule has 0 unspecified atom stereocenters. The van der Waals surface area contributed by atoms with Crippen molar-refractivity contribution < 1.29 is 18.3 Å². The zero-order chi connectivity index (χ0) is 14.4. The zero-order valence-electron chi connectivity index (χ0n) is 11.6. The molecule has 0 radical (unpaired) electrons. The summed E-state index contributed by atoms with van der Waals surface area (Å²) in [5, 5.41) is 0.556. The van der Waals surface area contributed by atoms with Crippen molar-refractivity contribution in [1.29, 1.82) is 0 Å². The molecule has 0 amide bonds. The molecule has 0 aliphatic carbocycles. The third-order valence-corrected chi connectivity index (χ3v) is 4.57. The molecule has 0 N–H and O–H groups in total. The second-order valence-corrected chi connectivity index (χ2v) is 6.20. The van der Waals surface area contributed by atoms with Crippen LogP contribution in [0.25, 0.3) is 0 Å². The summed E-state index contributed by atoms with van der Waals surface area (Å²) in [6.45, 7) is 0.891. The molecule has 1 heterocycles. The lowest BCUT2D eigenvalue weighted by Crippen LogP contribution is -2.17. The van der Waals surface area contributed by atoms with Gasteiger partial charge in [-0.05, 0) is 43.0 Å². The Morgan fingerprint density at radius 1 is 1.35 bits per heavy atom. The van der Waals surface area contributed by atoms with E-state index >= 15 is 0 Å². The van der Waals surface area contributed by atoms with Gasteiger partial charge in [0.05, 0.1) is 0 Å². The molecule has 0 spiro atoms. The number of alkyl halides is 2. The Hall–Kier alpha value is -0.810. The number of hydrogen-bond donors (Lipinski definition) is 0. The molecule has 20 heavy (non-hydrogen) atoms. The molecule has 5 heteroatoms. The first-order chi connectivity index (χ1) is 9.69. The number of aryl methyl sites for hydroxylation is 1. The maximum absolute atomic E-state index is 12.4. The van der Waals surface area contributed by atoms with Crippen molar-refractivity contribution in [2.75, 3.05) is 13.2 Å². The van der Waals surface area contributed by atoms with Gasteiger partial charge in [-0.3, -0.25) is 0 Å². The van der Waals surface area contributed by atoms with E-state index in [-0.39, 0.29) is 0 Å². The van der Waals surface area contributed by atoms with Crippen molar-refractivity contribution in [3.63, 3.8) is 0 Å². The van der Waals surface area contributed by atoms with E-state index in [0.29, 0.717) is 11.0 Å². The molecule has 1 aromatic carbocycles. The summed E-state index contributed by atoms with van der Waals surface area (Å²) in [5.74, 6) is 0.304. The third kappa shape index (κ3) is 4.63. The summed E-state index contributed by atoms with van der Waals surface area (Å²) in [6, 6.07) is 5.52. The number of rotatable bonds is 6. The topological polar surface area (TPSA) is 18.5 Å². The Morgan fingerprint density at radius 3 is 2.75 bits per heavy atom. The van der Waals surface area contributed by atoms with Gasteiger partial charge in [0.25, 0.3) is 0 Å². The van der Waals surface area contributed by atoms with Gasteiger partial charge in [0.2, 0.25) is 0 Å². The van der Waals surface area contributed by atoms with Gasteiger partial charge in [-0.2, -0.15) is 8.78 Å². The molecule has 1 aliphatic heterocycles. The van der Waals surface area contributed by atoms with E-state index in [1.165, 1.54) is 0 Å². The highest BCUT2D eigenvalue weighted by Gasteiger charge is 2.16. The smallest absolute Gasteiger partial charge is 0.387 e. The summed E-state index contributed by atoms with van der Waals surface area (Å²) in [4.78, 5) is 1.13. The van der Waals surface area contributed by atoms with Gasteiger partial charge in [-0.1, -0.05) is 13.3 Å². The lowest BCUT2D eigenvalue weighted by atomic mass is 10.1. The van der Waals surface area contributed by atoms with Crippen LogP contribution in [0.15, 0.2) is 23.1 Å². The maximum Gasteiger partial charge on any atom is 0.387 e. The third-order valence-electron chi connectivity index (χ3n) is 3.24. The van der Waals surface area contributed by atoms with Crippen LogP contribution in [0, 0.1) is 0 Å². The predicted molar refractivity (Wildman–Crippen MR) is 76.8 cm³/mol. The molecule has 1 fully saturated rings. The highest BCUT2D eigenvalue weighted by atomic mass is 32.2.